The van der Waals surface area contributed by atoms with Gasteiger partial charge in [-0.2, -0.15) is 0 Å². The SMILES string of the molecule is Cc1cc(-c2cnc3sc(N)nc3c2)cc2c1OCCN(c1nc(CN(C)C(C)(C)C)nc(C)c1C(C)C)C2. The minimum absolute atomic E-state index is 0.0274. The topological polar surface area (TPSA) is 93.3 Å². The Balaban J connectivity index is 1.54. The fourth-order valence-electron chi connectivity index (χ4n) is 5.12. The van der Waals surface area contributed by atoms with E-state index < -0.39 is 0 Å². The van der Waals surface area contributed by atoms with E-state index in [2.05, 4.69) is 93.5 Å². The third kappa shape index (κ3) is 5.56. The third-order valence-corrected chi connectivity index (χ3v) is 8.29. The van der Waals surface area contributed by atoms with Crippen molar-refractivity contribution in [3.63, 3.8) is 0 Å². The van der Waals surface area contributed by atoms with Crippen LogP contribution in [0.3, 0.4) is 0 Å². The summed E-state index contributed by atoms with van der Waals surface area (Å²) in [6, 6.07) is 6.45. The van der Waals surface area contributed by atoms with Crippen LogP contribution in [0.25, 0.3) is 21.5 Å². The van der Waals surface area contributed by atoms with Crippen LogP contribution in [0.4, 0.5) is 10.9 Å². The summed E-state index contributed by atoms with van der Waals surface area (Å²) in [6.45, 7) is 18.0. The molecular formula is C30H39N7OS. The molecule has 0 bridgehead atoms. The van der Waals surface area contributed by atoms with Crippen molar-refractivity contribution < 1.29 is 4.74 Å². The average Bonchev–Trinajstić information content (AvgIpc) is 3.08. The summed E-state index contributed by atoms with van der Waals surface area (Å²) < 4.78 is 6.33. The summed E-state index contributed by atoms with van der Waals surface area (Å²) >= 11 is 1.41. The maximum Gasteiger partial charge on any atom is 0.182 e. The lowest BCUT2D eigenvalue weighted by Gasteiger charge is -2.32. The number of rotatable bonds is 5. The highest BCUT2D eigenvalue weighted by molar-refractivity contribution is 7.21. The van der Waals surface area contributed by atoms with E-state index in [1.165, 1.54) is 16.9 Å². The highest BCUT2D eigenvalue weighted by Gasteiger charge is 2.26. The summed E-state index contributed by atoms with van der Waals surface area (Å²) in [5.41, 5.74) is 13.4. The molecule has 0 saturated heterocycles. The normalized spacial score (nSPS) is 14.2. The number of nitrogen functional groups attached to an aromatic ring is 1. The second kappa shape index (κ2) is 10.4. The van der Waals surface area contributed by atoms with Crippen molar-refractivity contribution in [2.45, 2.75) is 73.0 Å². The first-order valence-electron chi connectivity index (χ1n) is 13.5. The molecule has 1 aromatic carbocycles. The molecule has 1 aliphatic heterocycles. The predicted octanol–water partition coefficient (Wildman–Crippen LogP) is 6.10. The number of nitrogens with zero attached hydrogens (tertiary/aromatic N) is 6. The van der Waals surface area contributed by atoms with Crippen molar-refractivity contribution in [3.05, 3.63) is 52.6 Å². The van der Waals surface area contributed by atoms with E-state index in [0.29, 0.717) is 30.7 Å². The number of anilines is 2. The first-order chi connectivity index (χ1) is 18.4. The number of hydrogen-bond donors (Lipinski definition) is 1. The Labute approximate surface area is 235 Å². The van der Waals surface area contributed by atoms with Crippen LogP contribution < -0.4 is 15.4 Å². The number of nitrogens with two attached hydrogens (primary N) is 1. The molecule has 3 aromatic heterocycles. The Hall–Kier alpha value is -3.30. The van der Waals surface area contributed by atoms with Crippen molar-refractivity contribution in [1.82, 2.24) is 24.8 Å². The van der Waals surface area contributed by atoms with Crippen LogP contribution in [-0.2, 0) is 13.1 Å². The van der Waals surface area contributed by atoms with Gasteiger partial charge in [-0.1, -0.05) is 25.2 Å². The Morgan fingerprint density at radius 2 is 1.87 bits per heavy atom. The maximum absolute atomic E-state index is 6.33. The number of hydrogen-bond acceptors (Lipinski definition) is 9. The van der Waals surface area contributed by atoms with Gasteiger partial charge in [0.2, 0.25) is 0 Å². The number of fused-ring (bicyclic) bond motifs is 2. The van der Waals surface area contributed by atoms with Gasteiger partial charge in [0.05, 0.1) is 13.1 Å². The van der Waals surface area contributed by atoms with E-state index in [1.54, 1.807) is 0 Å². The molecule has 0 spiro atoms. The van der Waals surface area contributed by atoms with Crippen molar-refractivity contribution >= 4 is 32.6 Å². The van der Waals surface area contributed by atoms with Gasteiger partial charge in [0.25, 0.3) is 0 Å². The number of benzene rings is 1. The number of ether oxygens (including phenoxy) is 1. The van der Waals surface area contributed by atoms with E-state index in [-0.39, 0.29) is 5.54 Å². The molecule has 206 valence electrons. The van der Waals surface area contributed by atoms with Crippen LogP contribution in [0.15, 0.2) is 24.4 Å². The molecule has 0 fully saturated rings. The molecule has 0 unspecified atom stereocenters. The van der Waals surface area contributed by atoms with Crippen LogP contribution >= 0.6 is 11.3 Å². The number of thiazole rings is 1. The highest BCUT2D eigenvalue weighted by atomic mass is 32.1. The number of aryl methyl sites for hydroxylation is 2. The van der Waals surface area contributed by atoms with Gasteiger partial charge >= 0.3 is 0 Å². The first-order valence-corrected chi connectivity index (χ1v) is 14.3. The minimum Gasteiger partial charge on any atom is -0.491 e. The van der Waals surface area contributed by atoms with Crippen molar-refractivity contribution in [2.75, 3.05) is 30.8 Å². The zero-order chi connectivity index (χ0) is 28.1. The van der Waals surface area contributed by atoms with E-state index in [9.17, 15) is 0 Å². The van der Waals surface area contributed by atoms with E-state index >= 15 is 0 Å². The monoisotopic (exact) mass is 545 g/mol. The number of pyridine rings is 1. The second-order valence-corrected chi connectivity index (χ2v) is 12.8. The van der Waals surface area contributed by atoms with Crippen LogP contribution in [0.1, 0.15) is 68.7 Å². The summed E-state index contributed by atoms with van der Waals surface area (Å²) in [7, 11) is 2.13. The van der Waals surface area contributed by atoms with Gasteiger partial charge in [-0.3, -0.25) is 4.90 Å². The quantitative estimate of drug-likeness (QED) is 0.322. The van der Waals surface area contributed by atoms with Gasteiger partial charge in [-0.05, 0) is 76.9 Å². The Bertz CT molecular complexity index is 1520. The van der Waals surface area contributed by atoms with Crippen LogP contribution in [0, 0.1) is 13.8 Å². The van der Waals surface area contributed by atoms with Crippen molar-refractivity contribution in [2.24, 2.45) is 0 Å². The first kappa shape index (κ1) is 27.3. The maximum atomic E-state index is 6.33. The molecule has 0 aliphatic carbocycles. The second-order valence-electron chi connectivity index (χ2n) is 11.8. The molecule has 0 amide bonds. The fourth-order valence-corrected chi connectivity index (χ4v) is 5.78. The number of aromatic nitrogens is 4. The molecule has 2 N–H and O–H groups in total. The largest absolute Gasteiger partial charge is 0.491 e. The summed E-state index contributed by atoms with van der Waals surface area (Å²) in [6.07, 6.45) is 1.90. The smallest absolute Gasteiger partial charge is 0.182 e. The average molecular weight is 546 g/mol. The van der Waals surface area contributed by atoms with Gasteiger partial charge < -0.3 is 15.4 Å². The van der Waals surface area contributed by atoms with Gasteiger partial charge in [-0.25, -0.2) is 19.9 Å². The molecular weight excluding hydrogens is 506 g/mol. The Morgan fingerprint density at radius 3 is 2.59 bits per heavy atom. The molecule has 8 nitrogen and oxygen atoms in total. The van der Waals surface area contributed by atoms with Gasteiger partial charge in [0.1, 0.15) is 34.3 Å². The van der Waals surface area contributed by atoms with Gasteiger partial charge in [-0.15, -0.1) is 0 Å². The minimum atomic E-state index is 0.0274. The lowest BCUT2D eigenvalue weighted by Crippen LogP contribution is -2.38. The van der Waals surface area contributed by atoms with Crippen molar-refractivity contribution in [1.29, 1.82) is 0 Å². The third-order valence-electron chi connectivity index (χ3n) is 7.48. The standard InChI is InChI=1S/C30H39N7OS/c1-17(2)25-19(4)33-24(16-36(8)30(5,6)7)35-27(25)37-9-10-38-26-18(3)11-20(12-22(26)15-37)21-13-23-28(32-14-21)39-29(31)34-23/h11-14,17H,9-10,15-16H2,1-8H3,(H2,31,34). The molecule has 0 saturated carbocycles. The van der Waals surface area contributed by atoms with Gasteiger partial charge in [0, 0.05) is 40.7 Å². The Morgan fingerprint density at radius 1 is 1.10 bits per heavy atom. The zero-order valence-corrected chi connectivity index (χ0v) is 25.1. The van der Waals surface area contributed by atoms with Crippen molar-refractivity contribution in [3.8, 4) is 16.9 Å². The van der Waals surface area contributed by atoms with E-state index in [4.69, 9.17) is 20.4 Å². The molecule has 4 heterocycles. The highest BCUT2D eigenvalue weighted by Crippen LogP contribution is 2.37. The lowest BCUT2D eigenvalue weighted by molar-refractivity contribution is 0.163. The van der Waals surface area contributed by atoms with Crippen LogP contribution in [0.2, 0.25) is 0 Å². The fraction of sp³-hybridized carbons (Fsp3) is 0.467. The molecule has 9 heteroatoms. The van der Waals surface area contributed by atoms with Crippen LogP contribution in [0.5, 0.6) is 5.75 Å². The molecule has 0 atom stereocenters. The molecule has 5 rings (SSSR count). The molecule has 39 heavy (non-hydrogen) atoms. The summed E-state index contributed by atoms with van der Waals surface area (Å²) in [4.78, 5) is 24.7. The molecule has 0 radical (unpaired) electrons. The van der Waals surface area contributed by atoms with Crippen LogP contribution in [-0.4, -0.2) is 50.6 Å². The summed E-state index contributed by atoms with van der Waals surface area (Å²) in [5, 5.41) is 0.533. The van der Waals surface area contributed by atoms with E-state index in [0.717, 1.165) is 62.2 Å². The zero-order valence-electron chi connectivity index (χ0n) is 24.3. The summed E-state index contributed by atoms with van der Waals surface area (Å²) in [5.74, 6) is 3.11. The molecule has 4 aromatic rings. The molecule has 1 aliphatic rings. The van der Waals surface area contributed by atoms with Gasteiger partial charge in [0.15, 0.2) is 5.13 Å². The van der Waals surface area contributed by atoms with E-state index in [1.807, 2.05) is 6.20 Å². The Kier molecular flexibility index (Phi) is 7.24. The predicted molar refractivity (Wildman–Crippen MR) is 161 cm³/mol. The lowest BCUT2D eigenvalue weighted by atomic mass is 9.99.